The molecule has 0 fully saturated rings. The predicted molar refractivity (Wildman–Crippen MR) is 255 cm³/mol. The number of rotatable bonds is 51. The molecule has 0 spiro atoms. The van der Waals surface area contributed by atoms with Crippen molar-refractivity contribution in [2.75, 3.05) is 86.0 Å². The van der Waals surface area contributed by atoms with E-state index in [0.717, 1.165) is 97.1 Å². The minimum absolute atomic E-state index is 0.0601. The van der Waals surface area contributed by atoms with Crippen LogP contribution in [0.15, 0.2) is 0 Å². The molecular weight excluding hydrogens is 753 g/mol. The molecule has 2 amide bonds. The molecule has 0 rings (SSSR count). The Balaban J connectivity index is 4.39. The molecule has 1 unspecified atom stereocenters. The largest absolute Gasteiger partial charge is 0.382 e. The molecule has 0 saturated carbocycles. The number of unbranched alkanes of at least 4 members (excludes halogenated alkanes) is 24. The fourth-order valence-corrected chi connectivity index (χ4v) is 7.69. The predicted octanol–water partition coefficient (Wildman–Crippen LogP) is 9.09. The number of nitrogens with two attached hydrogens (primary N) is 2. The van der Waals surface area contributed by atoms with E-state index in [-0.39, 0.29) is 18.2 Å². The van der Waals surface area contributed by atoms with E-state index in [1.807, 2.05) is 0 Å². The van der Waals surface area contributed by atoms with Gasteiger partial charge in [-0.05, 0) is 90.1 Å². The zero-order valence-electron chi connectivity index (χ0n) is 39.8. The molecule has 0 saturated heterocycles. The van der Waals surface area contributed by atoms with Crippen LogP contribution in [0.2, 0.25) is 0 Å². The Morgan fingerprint density at radius 1 is 0.483 bits per heavy atom. The zero-order valence-corrected chi connectivity index (χ0v) is 39.8. The van der Waals surface area contributed by atoms with Crippen molar-refractivity contribution in [3.05, 3.63) is 0 Å². The van der Waals surface area contributed by atoms with Gasteiger partial charge in [-0.2, -0.15) is 0 Å². The summed E-state index contributed by atoms with van der Waals surface area (Å²) in [7, 11) is 1.64. The van der Waals surface area contributed by atoms with Crippen molar-refractivity contribution in [3.63, 3.8) is 0 Å². The highest BCUT2D eigenvalue weighted by molar-refractivity contribution is 5.87. The van der Waals surface area contributed by atoms with Crippen molar-refractivity contribution >= 4 is 11.8 Å². The molecule has 0 aromatic carbocycles. The Labute approximate surface area is 371 Å². The minimum Gasteiger partial charge on any atom is -0.382 e. The van der Waals surface area contributed by atoms with Gasteiger partial charge in [0.05, 0.1) is 33.0 Å². The molecule has 8 N–H and O–H groups in total. The van der Waals surface area contributed by atoms with Crippen LogP contribution >= 0.6 is 0 Å². The highest BCUT2D eigenvalue weighted by Gasteiger charge is 2.20. The van der Waals surface area contributed by atoms with Gasteiger partial charge >= 0.3 is 0 Å². The molecule has 60 heavy (non-hydrogen) atoms. The summed E-state index contributed by atoms with van der Waals surface area (Å²) in [6.45, 7) is 10.9. The smallest absolute Gasteiger partial charge is 0.242 e. The van der Waals surface area contributed by atoms with Crippen LogP contribution in [0.4, 0.5) is 0 Å². The second kappa shape index (κ2) is 50.3. The van der Waals surface area contributed by atoms with E-state index in [2.05, 4.69) is 28.2 Å². The maximum atomic E-state index is 13.3. The van der Waals surface area contributed by atoms with Crippen molar-refractivity contribution in [2.45, 2.75) is 212 Å². The summed E-state index contributed by atoms with van der Waals surface area (Å²) < 4.78 is 16.0. The van der Waals surface area contributed by atoms with Crippen LogP contribution in [0.1, 0.15) is 206 Å². The Morgan fingerprint density at radius 3 is 1.38 bits per heavy atom. The molecule has 0 heterocycles. The van der Waals surface area contributed by atoms with Crippen LogP contribution in [0.3, 0.4) is 0 Å². The van der Waals surface area contributed by atoms with E-state index < -0.39 is 6.04 Å². The van der Waals surface area contributed by atoms with E-state index >= 15 is 0 Å². The van der Waals surface area contributed by atoms with Gasteiger partial charge < -0.3 is 46.9 Å². The average Bonchev–Trinajstić information content (AvgIpc) is 3.25. The summed E-state index contributed by atoms with van der Waals surface area (Å²) in [4.78, 5) is 26.1. The molecular formula is C49H102N6O5. The van der Waals surface area contributed by atoms with Crippen molar-refractivity contribution in [2.24, 2.45) is 17.4 Å². The van der Waals surface area contributed by atoms with Crippen molar-refractivity contribution in [1.82, 2.24) is 21.3 Å². The van der Waals surface area contributed by atoms with Gasteiger partial charge in [-0.1, -0.05) is 155 Å². The number of methoxy groups -OCH3 is 1. The van der Waals surface area contributed by atoms with Gasteiger partial charge in [0.2, 0.25) is 11.8 Å². The molecule has 0 aromatic heterocycles. The van der Waals surface area contributed by atoms with Crippen LogP contribution in [-0.4, -0.2) is 104 Å². The average molecular weight is 855 g/mol. The molecule has 0 radical (unpaired) electrons. The molecule has 11 heteroatoms. The van der Waals surface area contributed by atoms with E-state index in [0.29, 0.717) is 51.9 Å². The third kappa shape index (κ3) is 44.7. The monoisotopic (exact) mass is 855 g/mol. The first-order valence-corrected chi connectivity index (χ1v) is 25.6. The Kier molecular flexibility index (Phi) is 49.2. The van der Waals surface area contributed by atoms with E-state index in [9.17, 15) is 9.59 Å². The van der Waals surface area contributed by atoms with Gasteiger partial charge in [0.1, 0.15) is 6.04 Å². The SMILES string of the molecule is CCCCCCCCCCCCCCCCCCCCCCC(NC(=O)CCOCCOCCOC)C(=O)NCCCCCCC(CNCCCCN)CNCCCCN. The molecule has 11 nitrogen and oxygen atoms in total. The molecule has 0 aromatic rings. The van der Waals surface area contributed by atoms with Crippen molar-refractivity contribution in [1.29, 1.82) is 0 Å². The Bertz CT molecular complexity index is 858. The molecule has 0 aliphatic carbocycles. The van der Waals surface area contributed by atoms with Gasteiger partial charge in [0.25, 0.3) is 0 Å². The maximum Gasteiger partial charge on any atom is 0.242 e. The van der Waals surface area contributed by atoms with Gasteiger partial charge in [-0.15, -0.1) is 0 Å². The summed E-state index contributed by atoms with van der Waals surface area (Å²) in [5.74, 6) is 0.411. The van der Waals surface area contributed by atoms with Crippen molar-refractivity contribution in [3.8, 4) is 0 Å². The third-order valence-electron chi connectivity index (χ3n) is 11.6. The Hall–Kier alpha value is -1.34. The molecule has 358 valence electrons. The second-order valence-electron chi connectivity index (χ2n) is 17.4. The molecule has 0 bridgehead atoms. The number of ether oxygens (including phenoxy) is 3. The second-order valence-corrected chi connectivity index (χ2v) is 17.4. The van der Waals surface area contributed by atoms with Gasteiger partial charge in [0.15, 0.2) is 0 Å². The summed E-state index contributed by atoms with van der Waals surface area (Å²) in [6, 6.07) is -0.499. The van der Waals surface area contributed by atoms with Gasteiger partial charge in [-0.3, -0.25) is 9.59 Å². The topological polar surface area (TPSA) is 162 Å². The number of carbonyl (C=O) groups is 2. The van der Waals surface area contributed by atoms with E-state index in [4.69, 9.17) is 25.7 Å². The zero-order chi connectivity index (χ0) is 43.7. The summed E-state index contributed by atoms with van der Waals surface area (Å²) in [5.41, 5.74) is 11.3. The first-order valence-electron chi connectivity index (χ1n) is 25.6. The van der Waals surface area contributed by atoms with Crippen LogP contribution in [-0.2, 0) is 23.8 Å². The normalized spacial score (nSPS) is 12.1. The summed E-state index contributed by atoms with van der Waals surface area (Å²) >= 11 is 0. The fourth-order valence-electron chi connectivity index (χ4n) is 7.69. The Morgan fingerprint density at radius 2 is 0.900 bits per heavy atom. The lowest BCUT2D eigenvalue weighted by Crippen LogP contribution is -2.47. The fraction of sp³-hybridized carbons (Fsp3) is 0.959. The lowest BCUT2D eigenvalue weighted by Gasteiger charge is -2.19. The van der Waals surface area contributed by atoms with Crippen LogP contribution < -0.4 is 32.7 Å². The van der Waals surface area contributed by atoms with Gasteiger partial charge in [0, 0.05) is 20.1 Å². The minimum atomic E-state index is -0.499. The first-order chi connectivity index (χ1) is 29.6. The van der Waals surface area contributed by atoms with Gasteiger partial charge in [-0.25, -0.2) is 0 Å². The highest BCUT2D eigenvalue weighted by atomic mass is 16.5. The number of hydrogen-bond acceptors (Lipinski definition) is 9. The van der Waals surface area contributed by atoms with E-state index in [1.54, 1.807) is 7.11 Å². The third-order valence-corrected chi connectivity index (χ3v) is 11.6. The molecule has 0 aliphatic rings. The number of carbonyl (C=O) groups excluding carboxylic acids is 2. The van der Waals surface area contributed by atoms with Crippen LogP contribution in [0, 0.1) is 5.92 Å². The highest BCUT2D eigenvalue weighted by Crippen LogP contribution is 2.16. The number of hydrogen-bond donors (Lipinski definition) is 6. The summed E-state index contributed by atoms with van der Waals surface area (Å²) in [6.07, 6.45) is 37.7. The standard InChI is InChI=1S/C49H102N6O5/c1-3-4-5-6-7-8-9-10-11-12-13-14-15-16-17-18-19-20-21-25-32-47(55-48(56)33-39-59-42-43-60-41-40-58-2)49(57)54-38-28-23-22-24-31-46(44-52-36-29-26-34-50)45-53-37-30-27-35-51/h46-47,52-53H,3-45,50-51H2,1-2H3,(H,54,57)(H,55,56). The van der Waals surface area contributed by atoms with Crippen LogP contribution in [0.25, 0.3) is 0 Å². The lowest BCUT2D eigenvalue weighted by molar-refractivity contribution is -0.129. The first kappa shape index (κ1) is 58.7. The van der Waals surface area contributed by atoms with Crippen LogP contribution in [0.5, 0.6) is 0 Å². The quantitative estimate of drug-likeness (QED) is 0.0328. The molecule has 0 aliphatic heterocycles. The lowest BCUT2D eigenvalue weighted by atomic mass is 10.00. The van der Waals surface area contributed by atoms with Crippen molar-refractivity contribution < 1.29 is 23.8 Å². The maximum absolute atomic E-state index is 13.3. The summed E-state index contributed by atoms with van der Waals surface area (Å²) in [5, 5.41) is 13.4. The number of amides is 2. The molecule has 1 atom stereocenters. The number of nitrogens with one attached hydrogen (secondary N) is 4. The van der Waals surface area contributed by atoms with E-state index in [1.165, 1.54) is 128 Å².